The van der Waals surface area contributed by atoms with E-state index in [9.17, 15) is 9.59 Å². The van der Waals surface area contributed by atoms with Crippen molar-refractivity contribution in [3.63, 3.8) is 0 Å². The Kier molecular flexibility index (Phi) is 5.46. The van der Waals surface area contributed by atoms with Gasteiger partial charge in [-0.05, 0) is 19.8 Å². The smallest absolute Gasteiger partial charge is 0.409 e. The SMILES string of the molecule is CCOC(=O)N1CCC(NC(=O)N2CCOCC2)CC1. The summed E-state index contributed by atoms with van der Waals surface area (Å²) < 4.78 is 10.2. The summed E-state index contributed by atoms with van der Waals surface area (Å²) in [4.78, 5) is 27.1. The molecule has 0 aliphatic carbocycles. The number of piperidine rings is 1. The molecule has 0 spiro atoms. The molecule has 2 rings (SSSR count). The van der Waals surface area contributed by atoms with Crippen molar-refractivity contribution in [1.82, 2.24) is 15.1 Å². The highest BCUT2D eigenvalue weighted by Crippen LogP contribution is 2.12. The third kappa shape index (κ3) is 4.00. The highest BCUT2D eigenvalue weighted by atomic mass is 16.6. The van der Waals surface area contributed by atoms with Crippen molar-refractivity contribution < 1.29 is 19.1 Å². The first-order valence-corrected chi connectivity index (χ1v) is 7.25. The van der Waals surface area contributed by atoms with Gasteiger partial charge in [-0.1, -0.05) is 0 Å². The van der Waals surface area contributed by atoms with Crippen LogP contribution in [0.15, 0.2) is 0 Å². The summed E-state index contributed by atoms with van der Waals surface area (Å²) in [5.41, 5.74) is 0. The molecule has 0 aromatic heterocycles. The molecule has 0 radical (unpaired) electrons. The Morgan fingerprint density at radius 2 is 1.80 bits per heavy atom. The lowest BCUT2D eigenvalue weighted by atomic mass is 10.1. The van der Waals surface area contributed by atoms with Gasteiger partial charge in [0.1, 0.15) is 0 Å². The Hall–Kier alpha value is -1.50. The number of urea groups is 1. The summed E-state index contributed by atoms with van der Waals surface area (Å²) >= 11 is 0. The highest BCUT2D eigenvalue weighted by molar-refractivity contribution is 5.74. The number of carbonyl (C=O) groups excluding carboxylic acids is 2. The van der Waals surface area contributed by atoms with Crippen LogP contribution in [0.2, 0.25) is 0 Å². The first-order valence-electron chi connectivity index (χ1n) is 7.25. The minimum atomic E-state index is -0.259. The van der Waals surface area contributed by atoms with Crippen molar-refractivity contribution >= 4 is 12.1 Å². The molecule has 0 aromatic carbocycles. The van der Waals surface area contributed by atoms with Crippen LogP contribution in [0.25, 0.3) is 0 Å². The number of hydrogen-bond donors (Lipinski definition) is 1. The molecule has 20 heavy (non-hydrogen) atoms. The largest absolute Gasteiger partial charge is 0.450 e. The molecule has 7 heteroatoms. The van der Waals surface area contributed by atoms with Crippen molar-refractivity contribution in [2.75, 3.05) is 46.0 Å². The van der Waals surface area contributed by atoms with Crippen LogP contribution in [0.4, 0.5) is 9.59 Å². The molecule has 2 fully saturated rings. The van der Waals surface area contributed by atoms with Gasteiger partial charge in [-0.2, -0.15) is 0 Å². The van der Waals surface area contributed by atoms with Crippen LogP contribution in [-0.4, -0.2) is 74.0 Å². The average molecular weight is 285 g/mol. The summed E-state index contributed by atoms with van der Waals surface area (Å²) in [6, 6.07) is 0.110. The number of morpholine rings is 1. The van der Waals surface area contributed by atoms with Crippen molar-refractivity contribution in [3.8, 4) is 0 Å². The standard InChI is InChI=1S/C13H23N3O4/c1-2-20-13(18)16-5-3-11(4-6-16)14-12(17)15-7-9-19-10-8-15/h11H,2-10H2,1H3,(H,14,17). The molecule has 2 aliphatic heterocycles. The maximum absolute atomic E-state index is 12.0. The zero-order valence-corrected chi connectivity index (χ0v) is 12.0. The van der Waals surface area contributed by atoms with Gasteiger partial charge >= 0.3 is 12.1 Å². The Morgan fingerprint density at radius 1 is 1.15 bits per heavy atom. The maximum atomic E-state index is 12.0. The van der Waals surface area contributed by atoms with Crippen LogP contribution in [0.5, 0.6) is 0 Å². The van der Waals surface area contributed by atoms with E-state index in [0.717, 1.165) is 12.8 Å². The van der Waals surface area contributed by atoms with Crippen molar-refractivity contribution in [2.24, 2.45) is 0 Å². The van der Waals surface area contributed by atoms with E-state index in [1.54, 1.807) is 16.7 Å². The lowest BCUT2D eigenvalue weighted by molar-refractivity contribution is 0.0514. The molecule has 0 unspecified atom stereocenters. The monoisotopic (exact) mass is 285 g/mol. The summed E-state index contributed by atoms with van der Waals surface area (Å²) in [5.74, 6) is 0. The molecule has 1 N–H and O–H groups in total. The van der Waals surface area contributed by atoms with Crippen molar-refractivity contribution in [3.05, 3.63) is 0 Å². The molecule has 114 valence electrons. The topological polar surface area (TPSA) is 71.1 Å². The predicted octanol–water partition coefficient (Wildman–Crippen LogP) is 0.649. The molecule has 3 amide bonds. The second-order valence-corrected chi connectivity index (χ2v) is 5.01. The van der Waals surface area contributed by atoms with E-state index in [1.807, 2.05) is 0 Å². The normalized spacial score (nSPS) is 20.6. The van der Waals surface area contributed by atoms with Crippen molar-refractivity contribution in [1.29, 1.82) is 0 Å². The Bertz CT molecular complexity index is 337. The summed E-state index contributed by atoms with van der Waals surface area (Å²) in [7, 11) is 0. The van der Waals surface area contributed by atoms with Crippen LogP contribution >= 0.6 is 0 Å². The van der Waals surface area contributed by atoms with E-state index < -0.39 is 0 Å². The Balaban J connectivity index is 1.71. The number of ether oxygens (including phenoxy) is 2. The van der Waals surface area contributed by atoms with Crippen molar-refractivity contribution in [2.45, 2.75) is 25.8 Å². The second-order valence-electron chi connectivity index (χ2n) is 5.01. The van der Waals surface area contributed by atoms with Gasteiger partial charge in [-0.15, -0.1) is 0 Å². The van der Waals surface area contributed by atoms with Gasteiger partial charge in [-0.3, -0.25) is 0 Å². The zero-order valence-electron chi connectivity index (χ0n) is 12.0. The van der Waals surface area contributed by atoms with Gasteiger partial charge < -0.3 is 24.6 Å². The van der Waals surface area contributed by atoms with Gasteiger partial charge in [0.25, 0.3) is 0 Å². The predicted molar refractivity (Wildman–Crippen MR) is 72.5 cm³/mol. The molecule has 0 saturated carbocycles. The van der Waals surface area contributed by atoms with Gasteiger partial charge in [0.05, 0.1) is 19.8 Å². The second kappa shape index (κ2) is 7.33. The summed E-state index contributed by atoms with van der Waals surface area (Å²) in [6.07, 6.45) is 1.29. The lowest BCUT2D eigenvalue weighted by Crippen LogP contribution is -2.52. The van der Waals surface area contributed by atoms with Crippen LogP contribution in [0, 0.1) is 0 Å². The molecule has 2 saturated heterocycles. The van der Waals surface area contributed by atoms with Gasteiger partial charge in [0.2, 0.25) is 0 Å². The number of likely N-dealkylation sites (tertiary alicyclic amines) is 1. The van der Waals surface area contributed by atoms with Crippen LogP contribution in [0.1, 0.15) is 19.8 Å². The summed E-state index contributed by atoms with van der Waals surface area (Å²) in [6.45, 7) is 5.96. The number of hydrogen-bond acceptors (Lipinski definition) is 4. The first-order chi connectivity index (χ1) is 9.70. The molecule has 2 aliphatic rings. The van der Waals surface area contributed by atoms with E-state index in [2.05, 4.69) is 5.32 Å². The molecular weight excluding hydrogens is 262 g/mol. The maximum Gasteiger partial charge on any atom is 0.409 e. The number of nitrogens with one attached hydrogen (secondary N) is 1. The average Bonchev–Trinajstić information content (AvgIpc) is 2.49. The zero-order chi connectivity index (χ0) is 14.4. The van der Waals surface area contributed by atoms with Gasteiger partial charge in [-0.25, -0.2) is 9.59 Å². The molecule has 0 bridgehead atoms. The number of amides is 3. The quantitative estimate of drug-likeness (QED) is 0.808. The molecule has 0 aromatic rings. The third-order valence-corrected chi connectivity index (χ3v) is 3.65. The Morgan fingerprint density at radius 3 is 2.40 bits per heavy atom. The molecule has 7 nitrogen and oxygen atoms in total. The number of carbonyl (C=O) groups is 2. The number of rotatable bonds is 2. The third-order valence-electron chi connectivity index (χ3n) is 3.65. The summed E-state index contributed by atoms with van der Waals surface area (Å²) in [5, 5.41) is 3.03. The Labute approximate surface area is 119 Å². The van der Waals surface area contributed by atoms with E-state index in [-0.39, 0.29) is 18.2 Å². The van der Waals surface area contributed by atoms with E-state index in [0.29, 0.717) is 46.0 Å². The first kappa shape index (κ1) is 14.9. The van der Waals surface area contributed by atoms with E-state index in [4.69, 9.17) is 9.47 Å². The highest BCUT2D eigenvalue weighted by Gasteiger charge is 2.26. The fourth-order valence-electron chi connectivity index (χ4n) is 2.45. The molecule has 2 heterocycles. The minimum absolute atomic E-state index is 0.0251. The minimum Gasteiger partial charge on any atom is -0.450 e. The van der Waals surface area contributed by atoms with Gasteiger partial charge in [0, 0.05) is 32.2 Å². The van der Waals surface area contributed by atoms with Crippen LogP contribution < -0.4 is 5.32 Å². The van der Waals surface area contributed by atoms with E-state index in [1.165, 1.54) is 0 Å². The molecular formula is C13H23N3O4. The van der Waals surface area contributed by atoms with Crippen LogP contribution in [0.3, 0.4) is 0 Å². The van der Waals surface area contributed by atoms with E-state index >= 15 is 0 Å². The lowest BCUT2D eigenvalue weighted by Gasteiger charge is -2.34. The fourth-order valence-corrected chi connectivity index (χ4v) is 2.45. The van der Waals surface area contributed by atoms with Gasteiger partial charge in [0.15, 0.2) is 0 Å². The fraction of sp³-hybridized carbons (Fsp3) is 0.846. The van der Waals surface area contributed by atoms with Crippen LogP contribution in [-0.2, 0) is 9.47 Å². The number of nitrogens with zero attached hydrogens (tertiary/aromatic N) is 2. The molecule has 0 atom stereocenters.